The highest BCUT2D eigenvalue weighted by atomic mass is 19.1. The molecular weight excluding hydrogens is 259 g/mol. The lowest BCUT2D eigenvalue weighted by molar-refractivity contribution is 0.201. The lowest BCUT2D eigenvalue weighted by Gasteiger charge is -2.11. The molecule has 0 saturated heterocycles. The fourth-order valence-electron chi connectivity index (χ4n) is 1.89. The highest BCUT2D eigenvalue weighted by Crippen LogP contribution is 2.23. The predicted octanol–water partition coefficient (Wildman–Crippen LogP) is 2.03. The van der Waals surface area contributed by atoms with Crippen LogP contribution < -0.4 is 16.0 Å². The number of ether oxygens (including phenoxy) is 1. The number of halogens is 1. The first-order valence-electron chi connectivity index (χ1n) is 6.37. The van der Waals surface area contributed by atoms with Crippen molar-refractivity contribution in [1.82, 2.24) is 4.98 Å². The normalized spacial score (nSPS) is 12.2. The molecule has 0 saturated carbocycles. The van der Waals surface area contributed by atoms with Gasteiger partial charge in [0, 0.05) is 18.3 Å². The van der Waals surface area contributed by atoms with Gasteiger partial charge in [-0.25, -0.2) is 4.39 Å². The summed E-state index contributed by atoms with van der Waals surface area (Å²) in [5, 5.41) is 0. The maximum Gasteiger partial charge on any atom is 0.255 e. The van der Waals surface area contributed by atoms with E-state index in [9.17, 15) is 9.18 Å². The molecule has 1 heterocycles. The zero-order valence-corrected chi connectivity index (χ0v) is 11.2. The second-order valence-corrected chi connectivity index (χ2v) is 4.59. The third-order valence-electron chi connectivity index (χ3n) is 2.87. The quantitative estimate of drug-likeness (QED) is 0.878. The molecule has 0 aliphatic rings. The molecule has 0 bridgehead atoms. The Kier molecular flexibility index (Phi) is 4.53. The van der Waals surface area contributed by atoms with Crippen molar-refractivity contribution < 1.29 is 9.13 Å². The van der Waals surface area contributed by atoms with Gasteiger partial charge in [0.1, 0.15) is 18.5 Å². The number of alkyl halides is 1. The number of pyridine rings is 1. The number of aromatic amines is 1. The summed E-state index contributed by atoms with van der Waals surface area (Å²) in [6.07, 6.45) is 0.382. The van der Waals surface area contributed by atoms with E-state index in [4.69, 9.17) is 10.5 Å². The zero-order valence-electron chi connectivity index (χ0n) is 11.2. The van der Waals surface area contributed by atoms with Gasteiger partial charge >= 0.3 is 0 Å². The summed E-state index contributed by atoms with van der Waals surface area (Å²) < 4.78 is 18.5. The van der Waals surface area contributed by atoms with Crippen molar-refractivity contribution in [3.63, 3.8) is 0 Å². The number of H-pyrrole nitrogens is 1. The van der Waals surface area contributed by atoms with E-state index < -0.39 is 6.17 Å². The molecule has 0 aliphatic carbocycles. The van der Waals surface area contributed by atoms with Crippen molar-refractivity contribution in [2.24, 2.45) is 5.73 Å². The molecule has 0 unspecified atom stereocenters. The van der Waals surface area contributed by atoms with E-state index in [1.165, 1.54) is 0 Å². The molecule has 2 rings (SSSR count). The molecule has 0 spiro atoms. The Labute approximate surface area is 116 Å². The SMILES string of the molecule is Cc1cc(OC[C@H](F)CN)cc(-c2ccc[nH]c2=O)c1. The van der Waals surface area contributed by atoms with Gasteiger partial charge in [-0.05, 0) is 42.3 Å². The first-order valence-corrected chi connectivity index (χ1v) is 6.37. The lowest BCUT2D eigenvalue weighted by Crippen LogP contribution is -2.22. The smallest absolute Gasteiger partial charge is 0.255 e. The van der Waals surface area contributed by atoms with Crippen molar-refractivity contribution in [3.8, 4) is 16.9 Å². The first kappa shape index (κ1) is 14.3. The Bertz CT molecular complexity index is 640. The third-order valence-corrected chi connectivity index (χ3v) is 2.87. The first-order chi connectivity index (χ1) is 9.60. The van der Waals surface area contributed by atoms with E-state index in [-0.39, 0.29) is 18.7 Å². The number of aromatic nitrogens is 1. The van der Waals surface area contributed by atoms with E-state index in [0.717, 1.165) is 11.1 Å². The van der Waals surface area contributed by atoms with Gasteiger partial charge in [0.05, 0.1) is 0 Å². The Morgan fingerprint density at radius 1 is 1.40 bits per heavy atom. The molecule has 106 valence electrons. The van der Waals surface area contributed by atoms with E-state index >= 15 is 0 Å². The van der Waals surface area contributed by atoms with Gasteiger partial charge in [0.25, 0.3) is 5.56 Å². The highest BCUT2D eigenvalue weighted by molar-refractivity contribution is 5.65. The summed E-state index contributed by atoms with van der Waals surface area (Å²) in [7, 11) is 0. The van der Waals surface area contributed by atoms with E-state index in [1.54, 1.807) is 30.5 Å². The average Bonchev–Trinajstić information content (AvgIpc) is 2.44. The van der Waals surface area contributed by atoms with Crippen molar-refractivity contribution in [2.75, 3.05) is 13.2 Å². The van der Waals surface area contributed by atoms with Crippen LogP contribution in [0.4, 0.5) is 4.39 Å². The second kappa shape index (κ2) is 6.34. The third kappa shape index (κ3) is 3.45. The minimum absolute atomic E-state index is 0.0724. The molecule has 4 nitrogen and oxygen atoms in total. The Hall–Kier alpha value is -2.14. The van der Waals surface area contributed by atoms with Crippen LogP contribution in [0.1, 0.15) is 5.56 Å². The average molecular weight is 276 g/mol. The summed E-state index contributed by atoms with van der Waals surface area (Å²) in [6, 6.07) is 8.89. The number of nitrogens with two attached hydrogens (primary N) is 1. The van der Waals surface area contributed by atoms with Crippen molar-refractivity contribution >= 4 is 0 Å². The maximum absolute atomic E-state index is 13.1. The standard InChI is InChI=1S/C15H17FN2O2/c1-10-5-11(14-3-2-4-18-15(14)19)7-13(6-10)20-9-12(16)8-17/h2-7,12H,8-9,17H2,1H3,(H,18,19)/t12-/m1/s1. The molecule has 5 heteroatoms. The van der Waals surface area contributed by atoms with Crippen LogP contribution in [0.2, 0.25) is 0 Å². The molecule has 1 aromatic heterocycles. The second-order valence-electron chi connectivity index (χ2n) is 4.59. The summed E-state index contributed by atoms with van der Waals surface area (Å²) in [6.45, 7) is 1.73. The maximum atomic E-state index is 13.1. The molecule has 1 aromatic carbocycles. The van der Waals surface area contributed by atoms with Gasteiger partial charge in [0.15, 0.2) is 0 Å². The van der Waals surface area contributed by atoms with Crippen LogP contribution in [-0.4, -0.2) is 24.3 Å². The number of aryl methyl sites for hydroxylation is 1. The molecule has 1 atom stereocenters. The molecule has 3 N–H and O–H groups in total. The molecule has 0 aliphatic heterocycles. The summed E-state index contributed by atoms with van der Waals surface area (Å²) in [5.74, 6) is 0.527. The molecular formula is C15H17FN2O2. The Morgan fingerprint density at radius 2 is 2.20 bits per heavy atom. The van der Waals surface area contributed by atoms with Crippen LogP contribution in [0.25, 0.3) is 11.1 Å². The summed E-state index contributed by atoms with van der Waals surface area (Å²) >= 11 is 0. The predicted molar refractivity (Wildman–Crippen MR) is 76.7 cm³/mol. The lowest BCUT2D eigenvalue weighted by atomic mass is 10.0. The number of nitrogens with one attached hydrogen (secondary N) is 1. The van der Waals surface area contributed by atoms with E-state index in [2.05, 4.69) is 4.98 Å². The number of benzene rings is 1. The van der Waals surface area contributed by atoms with Crippen LogP contribution >= 0.6 is 0 Å². The fraction of sp³-hybridized carbons (Fsp3) is 0.267. The van der Waals surface area contributed by atoms with Gasteiger partial charge < -0.3 is 15.5 Å². The highest BCUT2D eigenvalue weighted by Gasteiger charge is 2.08. The molecule has 0 amide bonds. The van der Waals surface area contributed by atoms with Crippen LogP contribution in [-0.2, 0) is 0 Å². The Morgan fingerprint density at radius 3 is 2.90 bits per heavy atom. The number of hydrogen-bond acceptors (Lipinski definition) is 3. The molecule has 0 fully saturated rings. The van der Waals surface area contributed by atoms with Gasteiger partial charge in [-0.1, -0.05) is 6.07 Å². The van der Waals surface area contributed by atoms with Gasteiger partial charge in [0.2, 0.25) is 0 Å². The molecule has 2 aromatic rings. The molecule has 0 radical (unpaired) electrons. The number of hydrogen-bond donors (Lipinski definition) is 2. The topological polar surface area (TPSA) is 68.1 Å². The minimum Gasteiger partial charge on any atom is -0.490 e. The van der Waals surface area contributed by atoms with Gasteiger partial charge in [-0.2, -0.15) is 0 Å². The summed E-state index contributed by atoms with van der Waals surface area (Å²) in [5.41, 5.74) is 7.26. The fourth-order valence-corrected chi connectivity index (χ4v) is 1.89. The van der Waals surface area contributed by atoms with Crippen LogP contribution in [0, 0.1) is 6.92 Å². The van der Waals surface area contributed by atoms with Gasteiger partial charge in [-0.3, -0.25) is 4.79 Å². The minimum atomic E-state index is -1.20. The van der Waals surface area contributed by atoms with Crippen LogP contribution in [0.5, 0.6) is 5.75 Å². The van der Waals surface area contributed by atoms with Crippen molar-refractivity contribution in [3.05, 3.63) is 52.4 Å². The largest absolute Gasteiger partial charge is 0.490 e. The summed E-state index contributed by atoms with van der Waals surface area (Å²) in [4.78, 5) is 14.4. The van der Waals surface area contributed by atoms with E-state index in [0.29, 0.717) is 11.3 Å². The number of rotatable bonds is 5. The van der Waals surface area contributed by atoms with Crippen LogP contribution in [0.15, 0.2) is 41.3 Å². The van der Waals surface area contributed by atoms with Crippen molar-refractivity contribution in [1.29, 1.82) is 0 Å². The van der Waals surface area contributed by atoms with Gasteiger partial charge in [-0.15, -0.1) is 0 Å². The molecule has 20 heavy (non-hydrogen) atoms. The van der Waals surface area contributed by atoms with E-state index in [1.807, 2.05) is 13.0 Å². The Balaban J connectivity index is 2.30. The van der Waals surface area contributed by atoms with Crippen molar-refractivity contribution in [2.45, 2.75) is 13.1 Å². The van der Waals surface area contributed by atoms with Crippen LogP contribution in [0.3, 0.4) is 0 Å². The zero-order chi connectivity index (χ0) is 14.5. The monoisotopic (exact) mass is 276 g/mol.